The Kier molecular flexibility index (Phi) is 2.95. The molecule has 0 amide bonds. The molecule has 0 spiro atoms. The average Bonchev–Trinajstić information content (AvgIpc) is 2.42. The summed E-state index contributed by atoms with van der Waals surface area (Å²) in [7, 11) is 0. The number of phenols is 2. The van der Waals surface area contributed by atoms with Gasteiger partial charge in [-0.25, -0.2) is 0 Å². The number of halogens is 2. The summed E-state index contributed by atoms with van der Waals surface area (Å²) in [5.41, 5.74) is 0.0744. The molecule has 0 atom stereocenters. The van der Waals surface area contributed by atoms with Gasteiger partial charge in [-0.05, 0) is 56.1 Å². The molecule has 0 aliphatic heterocycles. The van der Waals surface area contributed by atoms with Crippen molar-refractivity contribution in [1.82, 2.24) is 0 Å². The zero-order chi connectivity index (χ0) is 14.6. The lowest BCUT2D eigenvalue weighted by molar-refractivity contribution is 0.0974. The number of carbonyl (C=O) groups is 2. The number of rotatable bonds is 0. The van der Waals surface area contributed by atoms with Crippen LogP contribution in [-0.4, -0.2) is 21.8 Å². The molecule has 6 heteroatoms. The van der Waals surface area contributed by atoms with Gasteiger partial charge in [-0.15, -0.1) is 0 Å². The van der Waals surface area contributed by atoms with Gasteiger partial charge in [0.25, 0.3) is 0 Å². The number of hydrogen-bond donors (Lipinski definition) is 2. The van der Waals surface area contributed by atoms with E-state index in [1.54, 1.807) is 0 Å². The number of fused-ring (bicyclic) bond motifs is 2. The molecule has 2 N–H and O–H groups in total. The molecule has 2 aromatic rings. The monoisotopic (exact) mass is 396 g/mol. The van der Waals surface area contributed by atoms with Crippen molar-refractivity contribution in [3.63, 3.8) is 0 Å². The molecule has 1 aliphatic carbocycles. The molecule has 4 nitrogen and oxygen atoms in total. The Hall–Kier alpha value is -1.66. The van der Waals surface area contributed by atoms with Gasteiger partial charge in [0.2, 0.25) is 0 Å². The highest BCUT2D eigenvalue weighted by Crippen LogP contribution is 2.41. The van der Waals surface area contributed by atoms with Crippen LogP contribution >= 0.6 is 31.9 Å². The average molecular weight is 398 g/mol. The first-order valence-corrected chi connectivity index (χ1v) is 7.14. The molecule has 0 fully saturated rings. The van der Waals surface area contributed by atoms with Crippen LogP contribution in [0, 0.1) is 0 Å². The second-order valence-electron chi connectivity index (χ2n) is 4.30. The Bertz CT molecular complexity index is 729. The van der Waals surface area contributed by atoms with Crippen LogP contribution in [0.3, 0.4) is 0 Å². The van der Waals surface area contributed by atoms with E-state index in [0.29, 0.717) is 8.95 Å². The Morgan fingerprint density at radius 1 is 0.700 bits per heavy atom. The van der Waals surface area contributed by atoms with Gasteiger partial charge >= 0.3 is 0 Å². The zero-order valence-electron chi connectivity index (χ0n) is 9.78. The molecule has 0 saturated carbocycles. The van der Waals surface area contributed by atoms with E-state index in [4.69, 9.17) is 0 Å². The van der Waals surface area contributed by atoms with Crippen LogP contribution in [-0.2, 0) is 0 Å². The lowest BCUT2D eigenvalue weighted by Crippen LogP contribution is -2.21. The molecule has 20 heavy (non-hydrogen) atoms. The predicted octanol–water partition coefficient (Wildman–Crippen LogP) is 3.40. The molecular formula is C14H6Br2O4. The van der Waals surface area contributed by atoms with Gasteiger partial charge in [0.1, 0.15) is 11.5 Å². The number of carbonyl (C=O) groups excluding carboxylic acids is 2. The Labute approximate surface area is 130 Å². The molecule has 0 aromatic heterocycles. The van der Waals surface area contributed by atoms with Crippen LogP contribution in [0.15, 0.2) is 33.2 Å². The number of benzene rings is 2. The Morgan fingerprint density at radius 3 is 1.40 bits per heavy atom. The van der Waals surface area contributed by atoms with E-state index in [2.05, 4.69) is 31.9 Å². The van der Waals surface area contributed by atoms with Crippen molar-refractivity contribution < 1.29 is 19.8 Å². The van der Waals surface area contributed by atoms with Gasteiger partial charge in [-0.2, -0.15) is 0 Å². The van der Waals surface area contributed by atoms with Crippen molar-refractivity contribution >= 4 is 43.4 Å². The first-order chi connectivity index (χ1) is 9.43. The smallest absolute Gasteiger partial charge is 0.198 e. The fraction of sp³-hybridized carbons (Fsp3) is 0. The minimum Gasteiger partial charge on any atom is -0.506 e. The van der Waals surface area contributed by atoms with E-state index in [0.717, 1.165) is 0 Å². The maximum atomic E-state index is 12.4. The van der Waals surface area contributed by atoms with E-state index in [1.165, 1.54) is 24.3 Å². The van der Waals surface area contributed by atoms with Crippen LogP contribution < -0.4 is 0 Å². The maximum Gasteiger partial charge on any atom is 0.198 e. The maximum absolute atomic E-state index is 12.4. The van der Waals surface area contributed by atoms with Gasteiger partial charge in [-0.3, -0.25) is 9.59 Å². The fourth-order valence-electron chi connectivity index (χ4n) is 2.24. The third kappa shape index (κ3) is 1.65. The van der Waals surface area contributed by atoms with Crippen LogP contribution in [0.4, 0.5) is 0 Å². The molecule has 0 radical (unpaired) electrons. The lowest BCUT2D eigenvalue weighted by Gasteiger charge is -2.20. The molecule has 0 heterocycles. The zero-order valence-corrected chi connectivity index (χ0v) is 12.9. The Balaban J connectivity index is 2.40. The van der Waals surface area contributed by atoms with Gasteiger partial charge in [0, 0.05) is 11.1 Å². The minimum absolute atomic E-state index is 0.0430. The molecule has 2 aromatic carbocycles. The summed E-state index contributed by atoms with van der Waals surface area (Å²) < 4.78 is 0.671. The van der Waals surface area contributed by atoms with Gasteiger partial charge in [0.05, 0.1) is 20.1 Å². The van der Waals surface area contributed by atoms with Crippen molar-refractivity contribution in [3.8, 4) is 11.5 Å². The minimum atomic E-state index is -0.490. The standard InChI is InChI=1S/C14H6Br2O4/c15-7-3-1-5-9(13(7)19)12(18)6-2-4-8(16)14(20)10(6)11(5)17/h1-4,19-20H. The van der Waals surface area contributed by atoms with E-state index in [9.17, 15) is 19.8 Å². The molecule has 0 unspecified atom stereocenters. The van der Waals surface area contributed by atoms with E-state index in [-0.39, 0.29) is 33.8 Å². The number of aromatic hydroxyl groups is 2. The van der Waals surface area contributed by atoms with E-state index < -0.39 is 11.6 Å². The largest absolute Gasteiger partial charge is 0.506 e. The van der Waals surface area contributed by atoms with Crippen molar-refractivity contribution in [3.05, 3.63) is 55.5 Å². The Morgan fingerprint density at radius 2 is 1.05 bits per heavy atom. The SMILES string of the molecule is O=C1c2ccc(Br)c(O)c2C(=O)c2ccc(Br)c(O)c21. The predicted molar refractivity (Wildman–Crippen MR) is 78.5 cm³/mol. The highest BCUT2D eigenvalue weighted by molar-refractivity contribution is 9.10. The number of phenolic OH excluding ortho intramolecular Hbond substituents is 2. The third-order valence-electron chi connectivity index (χ3n) is 3.20. The van der Waals surface area contributed by atoms with Gasteiger partial charge in [-0.1, -0.05) is 0 Å². The summed E-state index contributed by atoms with van der Waals surface area (Å²) in [6, 6.07) is 5.87. The topological polar surface area (TPSA) is 74.6 Å². The lowest BCUT2D eigenvalue weighted by atomic mass is 9.83. The number of hydrogen-bond acceptors (Lipinski definition) is 4. The highest BCUT2D eigenvalue weighted by atomic mass is 79.9. The molecule has 3 rings (SSSR count). The third-order valence-corrected chi connectivity index (χ3v) is 4.48. The summed E-state index contributed by atoms with van der Waals surface area (Å²) in [4.78, 5) is 24.9. The van der Waals surface area contributed by atoms with Crippen LogP contribution in [0.25, 0.3) is 0 Å². The summed E-state index contributed by atoms with van der Waals surface area (Å²) in [6.07, 6.45) is 0. The van der Waals surface area contributed by atoms with E-state index in [1.807, 2.05) is 0 Å². The van der Waals surface area contributed by atoms with Crippen molar-refractivity contribution in [2.24, 2.45) is 0 Å². The number of ketones is 2. The van der Waals surface area contributed by atoms with E-state index >= 15 is 0 Å². The van der Waals surface area contributed by atoms with Gasteiger partial charge < -0.3 is 10.2 Å². The molecular weight excluding hydrogens is 392 g/mol. The summed E-state index contributed by atoms with van der Waals surface area (Å²) >= 11 is 6.23. The van der Waals surface area contributed by atoms with Gasteiger partial charge in [0.15, 0.2) is 11.6 Å². The summed E-state index contributed by atoms with van der Waals surface area (Å²) in [5.74, 6) is -1.52. The quantitative estimate of drug-likeness (QED) is 0.609. The van der Waals surface area contributed by atoms with Crippen LogP contribution in [0.2, 0.25) is 0 Å². The van der Waals surface area contributed by atoms with Crippen LogP contribution in [0.5, 0.6) is 11.5 Å². The first-order valence-electron chi connectivity index (χ1n) is 5.55. The fourth-order valence-corrected chi connectivity index (χ4v) is 2.90. The summed E-state index contributed by atoms with van der Waals surface area (Å²) in [6.45, 7) is 0. The molecule has 0 saturated heterocycles. The van der Waals surface area contributed by atoms with Crippen molar-refractivity contribution in [2.75, 3.05) is 0 Å². The second-order valence-corrected chi connectivity index (χ2v) is 6.00. The van der Waals surface area contributed by atoms with Crippen molar-refractivity contribution in [1.29, 1.82) is 0 Å². The molecule has 100 valence electrons. The highest BCUT2D eigenvalue weighted by Gasteiger charge is 2.35. The first kappa shape index (κ1) is 13.3. The second kappa shape index (κ2) is 4.43. The normalized spacial score (nSPS) is 13.1. The van der Waals surface area contributed by atoms with Crippen LogP contribution in [0.1, 0.15) is 31.8 Å². The molecule has 1 aliphatic rings. The molecule has 0 bridgehead atoms. The summed E-state index contributed by atoms with van der Waals surface area (Å²) in [5, 5.41) is 20.0. The van der Waals surface area contributed by atoms with Crippen molar-refractivity contribution in [2.45, 2.75) is 0 Å².